The number of amides is 1. The Hall–Kier alpha value is -1.74. The normalized spacial score (nSPS) is 11.8. The smallest absolute Gasteiger partial charge is 0.234 e. The number of hydrogen-bond donors (Lipinski definition) is 1. The number of thioether (sulfide) groups is 1. The molecule has 0 fully saturated rings. The average Bonchev–Trinajstić information content (AvgIpc) is 2.47. The molecule has 0 bridgehead atoms. The molecular weight excluding hydrogens is 254 g/mol. The zero-order valence-corrected chi connectivity index (χ0v) is 11.7. The number of hydrogen-bond acceptors (Lipinski definition) is 2. The van der Waals surface area contributed by atoms with Crippen LogP contribution < -0.4 is 5.32 Å². The van der Waals surface area contributed by atoms with Crippen LogP contribution in [0.5, 0.6) is 0 Å². The van der Waals surface area contributed by atoms with Crippen LogP contribution in [0.25, 0.3) is 0 Å². The van der Waals surface area contributed by atoms with Gasteiger partial charge in [0.1, 0.15) is 0 Å². The van der Waals surface area contributed by atoms with Gasteiger partial charge in [0.2, 0.25) is 5.91 Å². The van der Waals surface area contributed by atoms with Crippen molar-refractivity contribution in [1.82, 2.24) is 0 Å². The van der Waals surface area contributed by atoms with E-state index in [9.17, 15) is 4.79 Å². The first kappa shape index (κ1) is 13.7. The highest BCUT2D eigenvalue weighted by Crippen LogP contribution is 2.27. The van der Waals surface area contributed by atoms with Gasteiger partial charge in [-0.3, -0.25) is 4.79 Å². The molecule has 19 heavy (non-hydrogen) atoms. The zero-order valence-electron chi connectivity index (χ0n) is 10.9. The first-order chi connectivity index (χ1) is 9.25. The first-order valence-electron chi connectivity index (χ1n) is 6.27. The van der Waals surface area contributed by atoms with E-state index in [0.717, 1.165) is 5.69 Å². The number of anilines is 1. The van der Waals surface area contributed by atoms with Gasteiger partial charge in [-0.1, -0.05) is 48.5 Å². The molecule has 1 N–H and O–H groups in total. The molecule has 1 amide bonds. The topological polar surface area (TPSA) is 29.1 Å². The maximum atomic E-state index is 11.8. The van der Waals surface area contributed by atoms with E-state index in [1.165, 1.54) is 5.56 Å². The van der Waals surface area contributed by atoms with Crippen molar-refractivity contribution in [3.05, 3.63) is 66.2 Å². The molecule has 2 nitrogen and oxygen atoms in total. The Kier molecular flexibility index (Phi) is 5.04. The highest BCUT2D eigenvalue weighted by molar-refractivity contribution is 8.00. The molecule has 2 aromatic rings. The van der Waals surface area contributed by atoms with Crippen molar-refractivity contribution < 1.29 is 4.79 Å². The Bertz CT molecular complexity index is 513. The molecule has 0 spiro atoms. The van der Waals surface area contributed by atoms with Gasteiger partial charge in [-0.05, 0) is 24.6 Å². The summed E-state index contributed by atoms with van der Waals surface area (Å²) in [5.41, 5.74) is 2.10. The fourth-order valence-electron chi connectivity index (χ4n) is 1.74. The van der Waals surface area contributed by atoms with E-state index < -0.39 is 0 Å². The lowest BCUT2D eigenvalue weighted by molar-refractivity contribution is -0.113. The molecular formula is C16H17NOS. The summed E-state index contributed by atoms with van der Waals surface area (Å²) in [6.07, 6.45) is 0. The Labute approximate surface area is 118 Å². The molecule has 0 radical (unpaired) electrons. The van der Waals surface area contributed by atoms with E-state index in [-0.39, 0.29) is 5.91 Å². The molecule has 0 heterocycles. The summed E-state index contributed by atoms with van der Waals surface area (Å²) >= 11 is 1.64. The van der Waals surface area contributed by atoms with Crippen LogP contribution >= 0.6 is 11.8 Å². The van der Waals surface area contributed by atoms with Crippen molar-refractivity contribution in [3.63, 3.8) is 0 Å². The fourth-order valence-corrected chi connectivity index (χ4v) is 2.56. The van der Waals surface area contributed by atoms with Gasteiger partial charge in [0.25, 0.3) is 0 Å². The van der Waals surface area contributed by atoms with Crippen LogP contribution in [0.4, 0.5) is 5.69 Å². The monoisotopic (exact) mass is 271 g/mol. The van der Waals surface area contributed by atoms with E-state index in [1.54, 1.807) is 11.8 Å². The van der Waals surface area contributed by atoms with Gasteiger partial charge in [-0.25, -0.2) is 0 Å². The fraction of sp³-hybridized carbons (Fsp3) is 0.188. The van der Waals surface area contributed by atoms with Gasteiger partial charge in [-0.15, -0.1) is 11.8 Å². The number of benzene rings is 2. The second-order valence-electron chi connectivity index (χ2n) is 4.28. The zero-order chi connectivity index (χ0) is 13.5. The third kappa shape index (κ3) is 4.45. The van der Waals surface area contributed by atoms with Gasteiger partial charge in [0, 0.05) is 10.9 Å². The van der Waals surface area contributed by atoms with Gasteiger partial charge >= 0.3 is 0 Å². The Morgan fingerprint density at radius 1 is 1.05 bits per heavy atom. The molecule has 0 aliphatic heterocycles. The minimum atomic E-state index is 0.0407. The molecule has 1 atom stereocenters. The standard InChI is InChI=1S/C16H17NOS/c1-13(14-8-4-2-5-9-14)19-12-16(18)17-15-10-6-3-7-11-15/h2-11,13H,12H2,1H3,(H,17,18)/t13-/m1/s1. The van der Waals surface area contributed by atoms with E-state index >= 15 is 0 Å². The van der Waals surface area contributed by atoms with Crippen LogP contribution in [0.3, 0.4) is 0 Å². The molecule has 0 unspecified atom stereocenters. The Balaban J connectivity index is 1.81. The van der Waals surface area contributed by atoms with Crippen molar-refractivity contribution in [3.8, 4) is 0 Å². The minimum absolute atomic E-state index is 0.0407. The number of carbonyl (C=O) groups is 1. The van der Waals surface area contributed by atoms with Crippen LogP contribution in [-0.2, 0) is 4.79 Å². The second kappa shape index (κ2) is 7.00. The lowest BCUT2D eigenvalue weighted by Crippen LogP contribution is -2.14. The predicted molar refractivity (Wildman–Crippen MR) is 82.4 cm³/mol. The van der Waals surface area contributed by atoms with Gasteiger partial charge in [-0.2, -0.15) is 0 Å². The molecule has 3 heteroatoms. The summed E-state index contributed by atoms with van der Waals surface area (Å²) in [6.45, 7) is 2.12. The van der Waals surface area contributed by atoms with Crippen LogP contribution in [0.2, 0.25) is 0 Å². The van der Waals surface area contributed by atoms with Crippen LogP contribution in [0.15, 0.2) is 60.7 Å². The Morgan fingerprint density at radius 3 is 2.26 bits per heavy atom. The SMILES string of the molecule is C[C@@H](SCC(=O)Nc1ccccc1)c1ccccc1. The maximum Gasteiger partial charge on any atom is 0.234 e. The summed E-state index contributed by atoms with van der Waals surface area (Å²) in [5, 5.41) is 3.21. The van der Waals surface area contributed by atoms with Crippen molar-refractivity contribution in [2.24, 2.45) is 0 Å². The van der Waals surface area contributed by atoms with Gasteiger partial charge < -0.3 is 5.32 Å². The van der Waals surface area contributed by atoms with Crippen molar-refractivity contribution in [2.75, 3.05) is 11.1 Å². The largest absolute Gasteiger partial charge is 0.325 e. The molecule has 0 aliphatic carbocycles. The second-order valence-corrected chi connectivity index (χ2v) is 5.61. The number of carbonyl (C=O) groups excluding carboxylic acids is 1. The average molecular weight is 271 g/mol. The van der Waals surface area contributed by atoms with Crippen molar-refractivity contribution in [2.45, 2.75) is 12.2 Å². The third-order valence-electron chi connectivity index (χ3n) is 2.79. The lowest BCUT2D eigenvalue weighted by Gasteiger charge is -2.11. The number of rotatable bonds is 5. The first-order valence-corrected chi connectivity index (χ1v) is 7.32. The van der Waals surface area contributed by atoms with Gasteiger partial charge in [0.15, 0.2) is 0 Å². The Morgan fingerprint density at radius 2 is 1.63 bits per heavy atom. The molecule has 2 aromatic carbocycles. The molecule has 0 saturated carbocycles. The third-order valence-corrected chi connectivity index (χ3v) is 3.99. The molecule has 0 aromatic heterocycles. The number of nitrogens with one attached hydrogen (secondary N) is 1. The number of para-hydroxylation sites is 1. The van der Waals surface area contributed by atoms with Crippen LogP contribution in [-0.4, -0.2) is 11.7 Å². The summed E-state index contributed by atoms with van der Waals surface area (Å²) in [7, 11) is 0. The lowest BCUT2D eigenvalue weighted by atomic mass is 10.2. The van der Waals surface area contributed by atoms with Crippen LogP contribution in [0, 0.1) is 0 Å². The summed E-state index contributed by atoms with van der Waals surface area (Å²) < 4.78 is 0. The summed E-state index contributed by atoms with van der Waals surface area (Å²) in [4.78, 5) is 11.8. The summed E-state index contributed by atoms with van der Waals surface area (Å²) in [6, 6.07) is 19.8. The van der Waals surface area contributed by atoms with E-state index in [0.29, 0.717) is 11.0 Å². The predicted octanol–water partition coefficient (Wildman–Crippen LogP) is 4.12. The molecule has 0 saturated heterocycles. The maximum absolute atomic E-state index is 11.8. The minimum Gasteiger partial charge on any atom is -0.325 e. The van der Waals surface area contributed by atoms with E-state index in [1.807, 2.05) is 48.5 Å². The van der Waals surface area contributed by atoms with Crippen molar-refractivity contribution in [1.29, 1.82) is 0 Å². The highest BCUT2D eigenvalue weighted by atomic mass is 32.2. The van der Waals surface area contributed by atoms with Crippen molar-refractivity contribution >= 4 is 23.4 Å². The quantitative estimate of drug-likeness (QED) is 0.886. The molecule has 2 rings (SSSR count). The van der Waals surface area contributed by atoms with Crippen LogP contribution in [0.1, 0.15) is 17.7 Å². The molecule has 98 valence electrons. The van der Waals surface area contributed by atoms with E-state index in [4.69, 9.17) is 0 Å². The molecule has 0 aliphatic rings. The van der Waals surface area contributed by atoms with E-state index in [2.05, 4.69) is 24.4 Å². The van der Waals surface area contributed by atoms with Gasteiger partial charge in [0.05, 0.1) is 5.75 Å². The highest BCUT2D eigenvalue weighted by Gasteiger charge is 2.08. The summed E-state index contributed by atoms with van der Waals surface area (Å²) in [5.74, 6) is 0.504.